The molecule has 0 unspecified atom stereocenters. The average molecular weight is 360 g/mol. The van der Waals surface area contributed by atoms with Crippen LogP contribution in [0.4, 0.5) is 0 Å². The first-order chi connectivity index (χ1) is 9.27. The molecule has 0 aliphatic rings. The van der Waals surface area contributed by atoms with Crippen LogP contribution in [-0.2, 0) is 14.3 Å². The summed E-state index contributed by atoms with van der Waals surface area (Å²) in [7, 11) is 1.12. The highest BCUT2D eigenvalue weighted by atomic mass is 35.5. The molecule has 1 heterocycles. The van der Waals surface area contributed by atoms with Crippen LogP contribution < -0.4 is 11.1 Å². The highest BCUT2D eigenvalue weighted by Crippen LogP contribution is 2.40. The lowest BCUT2D eigenvalue weighted by molar-refractivity contribution is -0.144. The van der Waals surface area contributed by atoms with Crippen molar-refractivity contribution in [1.29, 1.82) is 0 Å². The molecule has 0 spiro atoms. The third kappa shape index (κ3) is 3.99. The Balaban J connectivity index is 2.93. The first-order valence-corrected chi connectivity index (χ1v) is 7.03. The molecule has 0 saturated heterocycles. The van der Waals surface area contributed by atoms with E-state index in [-0.39, 0.29) is 19.3 Å². The first-order valence-electron chi connectivity index (χ1n) is 5.08. The molecular weight excluding hydrogens is 351 g/mol. The van der Waals surface area contributed by atoms with E-state index in [4.69, 9.17) is 40.5 Å². The maximum Gasteiger partial charge on any atom is 0.328 e. The summed E-state index contributed by atoms with van der Waals surface area (Å²) in [4.78, 5) is 34.3. The number of amides is 2. The molecule has 6 nitrogen and oxygen atoms in total. The quantitative estimate of drug-likeness (QED) is 0.784. The first kappa shape index (κ1) is 17.0. The fraction of sp³-hybridized carbons (Fsp3) is 0.300. The molecule has 1 rings (SSSR count). The molecule has 0 aliphatic carbocycles. The second-order valence-corrected chi connectivity index (χ2v) is 5.93. The number of hydrogen-bond donors (Lipinski definition) is 2. The van der Waals surface area contributed by atoms with Crippen molar-refractivity contribution in [3.05, 3.63) is 19.3 Å². The summed E-state index contributed by atoms with van der Waals surface area (Å²) in [6.45, 7) is 0. The van der Waals surface area contributed by atoms with Gasteiger partial charge in [-0.2, -0.15) is 0 Å². The molecule has 2 amide bonds. The Morgan fingerprint density at radius 3 is 2.30 bits per heavy atom. The Bertz CT molecular complexity index is 561. The van der Waals surface area contributed by atoms with Crippen molar-refractivity contribution >= 4 is 63.9 Å². The number of hydrogen-bond acceptors (Lipinski definition) is 5. The largest absolute Gasteiger partial charge is 0.467 e. The number of nitrogens with one attached hydrogen (secondary N) is 1. The van der Waals surface area contributed by atoms with Gasteiger partial charge in [-0.1, -0.05) is 34.8 Å². The molecule has 1 atom stereocenters. The van der Waals surface area contributed by atoms with Crippen LogP contribution in [0.25, 0.3) is 0 Å². The summed E-state index contributed by atoms with van der Waals surface area (Å²) < 4.78 is 4.61. The Morgan fingerprint density at radius 1 is 1.30 bits per heavy atom. The Morgan fingerprint density at radius 2 is 1.90 bits per heavy atom. The zero-order valence-corrected chi connectivity index (χ0v) is 13.1. The molecule has 0 bridgehead atoms. The number of halogens is 3. The van der Waals surface area contributed by atoms with Crippen LogP contribution in [0.3, 0.4) is 0 Å². The van der Waals surface area contributed by atoms with Crippen LogP contribution >= 0.6 is 46.1 Å². The fourth-order valence-electron chi connectivity index (χ4n) is 1.27. The van der Waals surface area contributed by atoms with E-state index < -0.39 is 30.2 Å². The van der Waals surface area contributed by atoms with Crippen molar-refractivity contribution in [3.8, 4) is 0 Å². The molecule has 10 heteroatoms. The van der Waals surface area contributed by atoms with E-state index >= 15 is 0 Å². The van der Waals surface area contributed by atoms with Gasteiger partial charge in [-0.15, -0.1) is 11.3 Å². The van der Waals surface area contributed by atoms with Crippen LogP contribution in [0.2, 0.25) is 14.4 Å². The smallest absolute Gasteiger partial charge is 0.328 e. The van der Waals surface area contributed by atoms with Crippen molar-refractivity contribution in [2.24, 2.45) is 5.73 Å². The number of methoxy groups -OCH3 is 1. The monoisotopic (exact) mass is 358 g/mol. The van der Waals surface area contributed by atoms with E-state index in [9.17, 15) is 14.4 Å². The molecule has 1 aromatic heterocycles. The van der Waals surface area contributed by atoms with Crippen LogP contribution in [-0.4, -0.2) is 30.9 Å². The van der Waals surface area contributed by atoms with Crippen molar-refractivity contribution < 1.29 is 19.1 Å². The Hall–Kier alpha value is -1.02. The van der Waals surface area contributed by atoms with Gasteiger partial charge in [0.2, 0.25) is 5.91 Å². The number of nitrogens with two attached hydrogens (primary N) is 1. The van der Waals surface area contributed by atoms with E-state index in [0.717, 1.165) is 18.4 Å². The maximum absolute atomic E-state index is 12.0. The van der Waals surface area contributed by atoms with Crippen LogP contribution in [0.1, 0.15) is 16.1 Å². The van der Waals surface area contributed by atoms with Gasteiger partial charge >= 0.3 is 5.97 Å². The van der Waals surface area contributed by atoms with Gasteiger partial charge in [0.1, 0.15) is 15.3 Å². The maximum atomic E-state index is 12.0. The van der Waals surface area contributed by atoms with Crippen LogP contribution in [0.5, 0.6) is 0 Å². The number of rotatable bonds is 5. The summed E-state index contributed by atoms with van der Waals surface area (Å²) in [5, 5.41) is 2.31. The minimum absolute atomic E-state index is 0.0261. The van der Waals surface area contributed by atoms with Crippen LogP contribution in [0.15, 0.2) is 0 Å². The van der Waals surface area contributed by atoms with Gasteiger partial charge in [-0.3, -0.25) is 9.59 Å². The van der Waals surface area contributed by atoms with Crippen molar-refractivity contribution in [1.82, 2.24) is 5.32 Å². The molecule has 3 N–H and O–H groups in total. The summed E-state index contributed by atoms with van der Waals surface area (Å²) in [5.41, 5.74) is 4.99. The van der Waals surface area contributed by atoms with Gasteiger partial charge in [0, 0.05) is 0 Å². The Kier molecular flexibility index (Phi) is 6.07. The van der Waals surface area contributed by atoms with Gasteiger partial charge in [0.25, 0.3) is 5.91 Å². The van der Waals surface area contributed by atoms with E-state index in [1.54, 1.807) is 0 Å². The molecule has 0 radical (unpaired) electrons. The van der Waals surface area contributed by atoms with Gasteiger partial charge in [0.15, 0.2) is 0 Å². The van der Waals surface area contributed by atoms with Crippen molar-refractivity contribution in [3.63, 3.8) is 0 Å². The lowest BCUT2D eigenvalue weighted by Crippen LogP contribution is -2.43. The van der Waals surface area contributed by atoms with Gasteiger partial charge in [-0.05, 0) is 0 Å². The number of ether oxygens (including phenoxy) is 1. The topological polar surface area (TPSA) is 98.5 Å². The van der Waals surface area contributed by atoms with Crippen molar-refractivity contribution in [2.45, 2.75) is 12.5 Å². The summed E-state index contributed by atoms with van der Waals surface area (Å²) in [6.07, 6.45) is -0.400. The Labute approximate surface area is 133 Å². The summed E-state index contributed by atoms with van der Waals surface area (Å²) in [6, 6.07) is -1.21. The molecule has 0 aromatic carbocycles. The molecule has 0 aliphatic heterocycles. The molecule has 20 heavy (non-hydrogen) atoms. The van der Waals surface area contributed by atoms with Crippen LogP contribution in [0, 0.1) is 0 Å². The molecule has 1 aromatic rings. The third-order valence-electron chi connectivity index (χ3n) is 2.16. The molecule has 0 fully saturated rings. The number of thiophene rings is 1. The number of primary amides is 1. The van der Waals surface area contributed by atoms with Gasteiger partial charge in [0.05, 0.1) is 23.6 Å². The van der Waals surface area contributed by atoms with E-state index in [1.165, 1.54) is 0 Å². The minimum atomic E-state index is -1.21. The second-order valence-electron chi connectivity index (χ2n) is 3.55. The summed E-state index contributed by atoms with van der Waals surface area (Å²) >= 11 is 18.2. The highest BCUT2D eigenvalue weighted by molar-refractivity contribution is 7.19. The number of carbonyl (C=O) groups excluding carboxylic acids is 3. The predicted octanol–water partition coefficient (Wildman–Crippen LogP) is 1.86. The predicted molar refractivity (Wildman–Crippen MR) is 76.4 cm³/mol. The van der Waals surface area contributed by atoms with Crippen molar-refractivity contribution in [2.75, 3.05) is 7.11 Å². The third-order valence-corrected chi connectivity index (χ3v) is 4.73. The van der Waals surface area contributed by atoms with Gasteiger partial charge in [-0.25, -0.2) is 4.79 Å². The zero-order valence-electron chi connectivity index (χ0n) is 10.0. The number of carbonyl (C=O) groups is 3. The normalized spacial score (nSPS) is 11.8. The molecule has 0 saturated carbocycles. The average Bonchev–Trinajstić information content (AvgIpc) is 2.64. The lowest BCUT2D eigenvalue weighted by atomic mass is 10.2. The standard InChI is InChI=1S/C10H9Cl3N2O4S/c1-19-10(18)3(2-4(14)16)15-9(17)7-5(11)6(12)8(13)20-7/h3H,2H2,1H3,(H2,14,16)(H,15,17)/t3-/m0/s1. The summed E-state index contributed by atoms with van der Waals surface area (Å²) in [5.74, 6) is -2.28. The zero-order chi connectivity index (χ0) is 15.4. The lowest BCUT2D eigenvalue weighted by Gasteiger charge is -2.14. The van der Waals surface area contributed by atoms with Gasteiger partial charge < -0.3 is 15.8 Å². The van der Waals surface area contributed by atoms with E-state index in [1.807, 2.05) is 0 Å². The highest BCUT2D eigenvalue weighted by Gasteiger charge is 2.27. The second kappa shape index (κ2) is 7.12. The minimum Gasteiger partial charge on any atom is -0.467 e. The molecule has 110 valence electrons. The number of esters is 1. The van der Waals surface area contributed by atoms with E-state index in [0.29, 0.717) is 0 Å². The molecular formula is C10H9Cl3N2O4S. The fourth-order valence-corrected chi connectivity index (χ4v) is 2.98. The SMILES string of the molecule is COC(=O)[C@H](CC(N)=O)NC(=O)c1sc(Cl)c(Cl)c1Cl. The van der Waals surface area contributed by atoms with E-state index in [2.05, 4.69) is 10.1 Å².